The second-order valence-electron chi connectivity index (χ2n) is 3.84. The number of rotatable bonds is 1. The molecule has 1 heterocycles. The van der Waals surface area contributed by atoms with E-state index in [1.165, 1.54) is 0 Å². The molecule has 1 fully saturated rings. The molecule has 0 aliphatic carbocycles. The van der Waals surface area contributed by atoms with Crippen molar-refractivity contribution in [1.29, 1.82) is 0 Å². The molecule has 4 heteroatoms. The number of nitrogen functional groups attached to an aromatic ring is 1. The molecule has 1 aromatic rings. The van der Waals surface area contributed by atoms with E-state index in [1.807, 2.05) is 18.2 Å². The lowest BCUT2D eigenvalue weighted by Crippen LogP contribution is -2.34. The van der Waals surface area contributed by atoms with Gasteiger partial charge in [-0.3, -0.25) is 0 Å². The molecule has 1 aromatic carbocycles. The lowest BCUT2D eigenvalue weighted by Gasteiger charge is -2.32. The molecule has 2 rings (SSSR count). The Morgan fingerprint density at radius 3 is 2.53 bits per heavy atom. The Hall–Kier alpha value is -0.600. The Labute approximate surface area is 100.0 Å². The average Bonchev–Trinajstić information content (AvgIpc) is 2.20. The highest BCUT2D eigenvalue weighted by atomic mass is 35.5. The smallest absolute Gasteiger partial charge is 0.0789 e. The molecule has 1 saturated heterocycles. The highest BCUT2D eigenvalue weighted by Crippen LogP contribution is 2.34. The summed E-state index contributed by atoms with van der Waals surface area (Å²) in [5.41, 5.74) is 7.63. The van der Waals surface area contributed by atoms with Crippen molar-refractivity contribution in [1.82, 2.24) is 0 Å². The van der Waals surface area contributed by atoms with Crippen molar-refractivity contribution in [2.45, 2.75) is 18.2 Å². The van der Waals surface area contributed by atoms with Crippen LogP contribution in [0, 0.1) is 0 Å². The molecule has 82 valence electrons. The SMILES string of the molecule is Nc1cccc(Cl)c1N1CCC(Cl)CC1. The number of para-hydroxylation sites is 1. The largest absolute Gasteiger partial charge is 0.397 e. The minimum absolute atomic E-state index is 0.296. The highest BCUT2D eigenvalue weighted by molar-refractivity contribution is 6.34. The molecule has 0 atom stereocenters. The molecular formula is C11H14Cl2N2. The molecule has 1 aliphatic heterocycles. The zero-order chi connectivity index (χ0) is 10.8. The second kappa shape index (κ2) is 4.50. The molecular weight excluding hydrogens is 231 g/mol. The van der Waals surface area contributed by atoms with Crippen molar-refractivity contribution in [2.75, 3.05) is 23.7 Å². The number of nitrogens with two attached hydrogens (primary N) is 1. The summed E-state index contributed by atoms with van der Waals surface area (Å²) >= 11 is 12.2. The maximum absolute atomic E-state index is 6.14. The van der Waals surface area contributed by atoms with E-state index in [0.29, 0.717) is 5.38 Å². The zero-order valence-electron chi connectivity index (χ0n) is 8.42. The number of hydrogen-bond acceptors (Lipinski definition) is 2. The third kappa shape index (κ3) is 2.32. The monoisotopic (exact) mass is 244 g/mol. The van der Waals surface area contributed by atoms with Crippen LogP contribution in [0.3, 0.4) is 0 Å². The molecule has 0 spiro atoms. The quantitative estimate of drug-likeness (QED) is 0.608. The van der Waals surface area contributed by atoms with Gasteiger partial charge in [-0.25, -0.2) is 0 Å². The lowest BCUT2D eigenvalue weighted by atomic mass is 10.1. The first-order valence-electron chi connectivity index (χ1n) is 5.11. The Morgan fingerprint density at radius 2 is 1.93 bits per heavy atom. The van der Waals surface area contributed by atoms with Gasteiger partial charge in [-0.2, -0.15) is 0 Å². The molecule has 2 N–H and O–H groups in total. The summed E-state index contributed by atoms with van der Waals surface area (Å²) in [6, 6.07) is 5.63. The molecule has 0 amide bonds. The number of benzene rings is 1. The van der Waals surface area contributed by atoms with Gasteiger partial charge in [0.05, 0.1) is 16.4 Å². The van der Waals surface area contributed by atoms with Crippen LogP contribution in [-0.4, -0.2) is 18.5 Å². The van der Waals surface area contributed by atoms with Gasteiger partial charge < -0.3 is 10.6 Å². The predicted molar refractivity (Wildman–Crippen MR) is 67.0 cm³/mol. The fourth-order valence-electron chi connectivity index (χ4n) is 1.94. The van der Waals surface area contributed by atoms with Gasteiger partial charge in [0.25, 0.3) is 0 Å². The number of hydrogen-bond donors (Lipinski definition) is 1. The molecule has 15 heavy (non-hydrogen) atoms. The molecule has 0 saturated carbocycles. The van der Waals surface area contributed by atoms with E-state index < -0.39 is 0 Å². The van der Waals surface area contributed by atoms with E-state index in [1.54, 1.807) is 0 Å². The average molecular weight is 245 g/mol. The molecule has 0 unspecified atom stereocenters. The van der Waals surface area contributed by atoms with Gasteiger partial charge in [0.1, 0.15) is 0 Å². The molecule has 1 aliphatic rings. The maximum Gasteiger partial charge on any atom is 0.0789 e. The lowest BCUT2D eigenvalue weighted by molar-refractivity contribution is 0.585. The normalized spacial score (nSPS) is 18.1. The Morgan fingerprint density at radius 1 is 1.27 bits per heavy atom. The number of anilines is 2. The van der Waals surface area contributed by atoms with E-state index in [9.17, 15) is 0 Å². The van der Waals surface area contributed by atoms with Crippen LogP contribution in [0.5, 0.6) is 0 Å². The second-order valence-corrected chi connectivity index (χ2v) is 4.86. The van der Waals surface area contributed by atoms with Crippen LogP contribution in [-0.2, 0) is 0 Å². The van der Waals surface area contributed by atoms with E-state index in [2.05, 4.69) is 4.90 Å². The Bertz CT molecular complexity index is 326. The molecule has 0 radical (unpaired) electrons. The van der Waals surface area contributed by atoms with Gasteiger partial charge in [-0.05, 0) is 25.0 Å². The minimum Gasteiger partial charge on any atom is -0.397 e. The minimum atomic E-state index is 0.296. The van der Waals surface area contributed by atoms with Crippen LogP contribution in [0.25, 0.3) is 0 Å². The summed E-state index contributed by atoms with van der Waals surface area (Å²) in [6.45, 7) is 1.87. The summed E-state index contributed by atoms with van der Waals surface area (Å²) in [6.07, 6.45) is 1.98. The van der Waals surface area contributed by atoms with Gasteiger partial charge in [-0.15, -0.1) is 11.6 Å². The fraction of sp³-hybridized carbons (Fsp3) is 0.455. The van der Waals surface area contributed by atoms with Crippen LogP contribution in [0.4, 0.5) is 11.4 Å². The first-order valence-corrected chi connectivity index (χ1v) is 5.93. The molecule has 2 nitrogen and oxygen atoms in total. The van der Waals surface area contributed by atoms with Crippen molar-refractivity contribution in [3.63, 3.8) is 0 Å². The fourth-order valence-corrected chi connectivity index (χ4v) is 2.43. The number of alkyl halides is 1. The van der Waals surface area contributed by atoms with Crippen LogP contribution < -0.4 is 10.6 Å². The molecule has 0 bridgehead atoms. The Kier molecular flexibility index (Phi) is 3.27. The summed E-state index contributed by atoms with van der Waals surface area (Å²) in [4.78, 5) is 2.22. The summed E-state index contributed by atoms with van der Waals surface area (Å²) in [5.74, 6) is 0. The van der Waals surface area contributed by atoms with Gasteiger partial charge in [0, 0.05) is 18.5 Å². The van der Waals surface area contributed by atoms with Crippen molar-refractivity contribution in [3.05, 3.63) is 23.2 Å². The number of piperidine rings is 1. The number of halogens is 2. The van der Waals surface area contributed by atoms with Crippen molar-refractivity contribution in [2.24, 2.45) is 0 Å². The molecule has 0 aromatic heterocycles. The summed E-state index contributed by atoms with van der Waals surface area (Å²) in [7, 11) is 0. The maximum atomic E-state index is 6.14. The summed E-state index contributed by atoms with van der Waals surface area (Å²) < 4.78 is 0. The predicted octanol–water partition coefficient (Wildman–Crippen LogP) is 3.13. The van der Waals surface area contributed by atoms with Gasteiger partial charge in [0.15, 0.2) is 0 Å². The Balaban J connectivity index is 2.22. The van der Waals surface area contributed by atoms with E-state index in [-0.39, 0.29) is 0 Å². The van der Waals surface area contributed by atoms with Crippen molar-refractivity contribution >= 4 is 34.6 Å². The standard InChI is InChI=1S/C11H14Cl2N2/c12-8-4-6-15(7-5-8)11-9(13)2-1-3-10(11)14/h1-3,8H,4-7,14H2. The number of nitrogens with zero attached hydrogens (tertiary/aromatic N) is 1. The first-order chi connectivity index (χ1) is 7.18. The van der Waals surface area contributed by atoms with E-state index in [0.717, 1.165) is 42.3 Å². The van der Waals surface area contributed by atoms with Gasteiger partial charge in [-0.1, -0.05) is 17.7 Å². The highest BCUT2D eigenvalue weighted by Gasteiger charge is 2.20. The van der Waals surface area contributed by atoms with E-state index in [4.69, 9.17) is 28.9 Å². The topological polar surface area (TPSA) is 29.3 Å². The first kappa shape index (κ1) is 10.9. The van der Waals surface area contributed by atoms with Crippen molar-refractivity contribution < 1.29 is 0 Å². The van der Waals surface area contributed by atoms with Crippen LogP contribution in [0.15, 0.2) is 18.2 Å². The summed E-state index contributed by atoms with van der Waals surface area (Å²) in [5, 5.41) is 1.02. The van der Waals surface area contributed by atoms with Gasteiger partial charge in [0.2, 0.25) is 0 Å². The van der Waals surface area contributed by atoms with Gasteiger partial charge >= 0.3 is 0 Å². The third-order valence-electron chi connectivity index (χ3n) is 2.76. The third-order valence-corrected chi connectivity index (χ3v) is 3.50. The van der Waals surface area contributed by atoms with Crippen LogP contribution >= 0.6 is 23.2 Å². The van der Waals surface area contributed by atoms with Crippen LogP contribution in [0.2, 0.25) is 5.02 Å². The zero-order valence-corrected chi connectivity index (χ0v) is 9.93. The van der Waals surface area contributed by atoms with Crippen LogP contribution in [0.1, 0.15) is 12.8 Å². The van der Waals surface area contributed by atoms with E-state index >= 15 is 0 Å². The van der Waals surface area contributed by atoms with Crippen molar-refractivity contribution in [3.8, 4) is 0 Å².